The molecule has 3 N–H and O–H groups in total. The van der Waals surface area contributed by atoms with Crippen molar-refractivity contribution in [3.8, 4) is 0 Å². The highest BCUT2D eigenvalue weighted by atomic mass is 35.5. The summed E-state index contributed by atoms with van der Waals surface area (Å²) < 4.78 is 2.45. The minimum atomic E-state index is -1.30. The molecule has 1 aromatic carbocycles. The molecular formula is C15H19ClN4O2S. The molecule has 0 fully saturated rings. The summed E-state index contributed by atoms with van der Waals surface area (Å²) in [5.74, 6) is 0.265. The number of aromatic amines is 1. The maximum Gasteiger partial charge on any atom is 0.253 e. The van der Waals surface area contributed by atoms with Gasteiger partial charge in [0.2, 0.25) is 0 Å². The Morgan fingerprint density at radius 1 is 1.48 bits per heavy atom. The number of nitrogens with one attached hydrogen (secondary N) is 2. The van der Waals surface area contributed by atoms with Gasteiger partial charge in [-0.05, 0) is 32.1 Å². The SMILES string of the molecule is CC(C)n1c(CCNC(=O)[C@H](O)c2ccccc2Cl)n[nH]c1=S. The largest absolute Gasteiger partial charge is 0.378 e. The van der Waals surface area contributed by atoms with Gasteiger partial charge in [-0.3, -0.25) is 9.89 Å². The van der Waals surface area contributed by atoms with Crippen LogP contribution in [0.25, 0.3) is 0 Å². The first kappa shape index (κ1) is 17.7. The normalized spacial score (nSPS) is 12.4. The molecule has 0 spiro atoms. The molecule has 0 aliphatic rings. The molecular weight excluding hydrogens is 336 g/mol. The summed E-state index contributed by atoms with van der Waals surface area (Å²) >= 11 is 11.2. The van der Waals surface area contributed by atoms with Gasteiger partial charge in [0.25, 0.3) is 5.91 Å². The Kier molecular flexibility index (Phi) is 5.92. The summed E-state index contributed by atoms with van der Waals surface area (Å²) in [6.07, 6.45) is -0.790. The van der Waals surface area contributed by atoms with Crippen molar-refractivity contribution >= 4 is 29.7 Å². The summed E-state index contributed by atoms with van der Waals surface area (Å²) in [6.45, 7) is 4.36. The molecule has 0 aliphatic heterocycles. The number of H-pyrrole nitrogens is 1. The summed E-state index contributed by atoms with van der Waals surface area (Å²) in [5, 5.41) is 20.0. The van der Waals surface area contributed by atoms with Crippen molar-refractivity contribution < 1.29 is 9.90 Å². The lowest BCUT2D eigenvalue weighted by Crippen LogP contribution is -2.31. The minimum absolute atomic E-state index is 0.181. The van der Waals surface area contributed by atoms with E-state index >= 15 is 0 Å². The average molecular weight is 355 g/mol. The van der Waals surface area contributed by atoms with E-state index in [2.05, 4.69) is 15.5 Å². The number of nitrogens with zero attached hydrogens (tertiary/aromatic N) is 2. The second kappa shape index (κ2) is 7.72. The van der Waals surface area contributed by atoms with Crippen LogP contribution >= 0.6 is 23.8 Å². The maximum absolute atomic E-state index is 12.0. The van der Waals surface area contributed by atoms with Gasteiger partial charge in [0.05, 0.1) is 0 Å². The standard InChI is InChI=1S/C15H19ClN4O2S/c1-9(2)20-12(18-19-15(20)23)7-8-17-14(22)13(21)10-5-3-4-6-11(10)16/h3-6,9,13,21H,7-8H2,1-2H3,(H,17,22)(H,19,23)/t13-/m1/s1. The summed E-state index contributed by atoms with van der Waals surface area (Å²) in [6, 6.07) is 6.90. The monoisotopic (exact) mass is 354 g/mol. The number of aliphatic hydroxyl groups excluding tert-OH is 1. The summed E-state index contributed by atoms with van der Waals surface area (Å²) in [7, 11) is 0. The second-order valence-electron chi connectivity index (χ2n) is 5.37. The van der Waals surface area contributed by atoms with E-state index in [9.17, 15) is 9.90 Å². The van der Waals surface area contributed by atoms with Crippen molar-refractivity contribution in [2.45, 2.75) is 32.4 Å². The Balaban J connectivity index is 1.95. The third kappa shape index (κ3) is 4.19. The number of halogens is 1. The van der Waals surface area contributed by atoms with Crippen LogP contribution in [0.2, 0.25) is 5.02 Å². The van der Waals surface area contributed by atoms with E-state index < -0.39 is 12.0 Å². The first-order valence-electron chi connectivity index (χ1n) is 7.27. The molecule has 1 atom stereocenters. The van der Waals surface area contributed by atoms with E-state index in [0.29, 0.717) is 28.3 Å². The van der Waals surface area contributed by atoms with Crippen LogP contribution in [0.3, 0.4) is 0 Å². The highest BCUT2D eigenvalue weighted by Gasteiger charge is 2.19. The quantitative estimate of drug-likeness (QED) is 0.696. The molecule has 2 rings (SSSR count). The third-order valence-corrected chi connectivity index (χ3v) is 4.02. The van der Waals surface area contributed by atoms with E-state index in [0.717, 1.165) is 5.82 Å². The average Bonchev–Trinajstić information content (AvgIpc) is 2.88. The lowest BCUT2D eigenvalue weighted by atomic mass is 10.1. The van der Waals surface area contributed by atoms with Gasteiger partial charge in [-0.2, -0.15) is 5.10 Å². The highest BCUT2D eigenvalue weighted by molar-refractivity contribution is 7.71. The minimum Gasteiger partial charge on any atom is -0.378 e. The Labute approximate surface area is 144 Å². The van der Waals surface area contributed by atoms with E-state index in [1.165, 1.54) is 0 Å². The van der Waals surface area contributed by atoms with Gasteiger partial charge in [-0.15, -0.1) is 0 Å². The smallest absolute Gasteiger partial charge is 0.253 e. The molecule has 0 aliphatic carbocycles. The number of rotatable bonds is 6. The first-order chi connectivity index (χ1) is 10.9. The Morgan fingerprint density at radius 2 is 2.17 bits per heavy atom. The number of benzene rings is 1. The van der Waals surface area contributed by atoms with Crippen LogP contribution < -0.4 is 5.32 Å². The van der Waals surface area contributed by atoms with Crippen molar-refractivity contribution in [2.24, 2.45) is 0 Å². The van der Waals surface area contributed by atoms with Crippen molar-refractivity contribution in [3.63, 3.8) is 0 Å². The van der Waals surface area contributed by atoms with E-state index in [1.807, 2.05) is 18.4 Å². The molecule has 0 saturated carbocycles. The van der Waals surface area contributed by atoms with E-state index in [1.54, 1.807) is 24.3 Å². The van der Waals surface area contributed by atoms with Crippen molar-refractivity contribution in [1.82, 2.24) is 20.1 Å². The number of aromatic nitrogens is 3. The van der Waals surface area contributed by atoms with Crippen molar-refractivity contribution in [2.75, 3.05) is 6.54 Å². The number of hydrogen-bond acceptors (Lipinski definition) is 4. The number of hydrogen-bond donors (Lipinski definition) is 3. The van der Waals surface area contributed by atoms with Crippen LogP contribution in [0.5, 0.6) is 0 Å². The topological polar surface area (TPSA) is 82.9 Å². The first-order valence-corrected chi connectivity index (χ1v) is 8.06. The van der Waals surface area contributed by atoms with Gasteiger partial charge in [-0.1, -0.05) is 29.8 Å². The molecule has 0 radical (unpaired) electrons. The fourth-order valence-electron chi connectivity index (χ4n) is 2.28. The van der Waals surface area contributed by atoms with Crippen LogP contribution in [-0.4, -0.2) is 32.3 Å². The molecule has 23 heavy (non-hydrogen) atoms. The Morgan fingerprint density at radius 3 is 2.83 bits per heavy atom. The van der Waals surface area contributed by atoms with E-state index in [-0.39, 0.29) is 6.04 Å². The predicted molar refractivity (Wildman–Crippen MR) is 90.9 cm³/mol. The van der Waals surface area contributed by atoms with E-state index in [4.69, 9.17) is 23.8 Å². The lowest BCUT2D eigenvalue weighted by molar-refractivity contribution is -0.129. The molecule has 1 amide bonds. The molecule has 124 valence electrons. The molecule has 1 heterocycles. The number of amides is 1. The maximum atomic E-state index is 12.0. The van der Waals surface area contributed by atoms with Crippen LogP contribution in [0.15, 0.2) is 24.3 Å². The fraction of sp³-hybridized carbons (Fsp3) is 0.400. The summed E-state index contributed by atoms with van der Waals surface area (Å²) in [4.78, 5) is 12.0. The van der Waals surface area contributed by atoms with Gasteiger partial charge in [0.15, 0.2) is 10.9 Å². The zero-order chi connectivity index (χ0) is 17.0. The fourth-order valence-corrected chi connectivity index (χ4v) is 2.88. The predicted octanol–water partition coefficient (Wildman–Crippen LogP) is 2.57. The van der Waals surface area contributed by atoms with Crippen LogP contribution in [0.4, 0.5) is 0 Å². The molecule has 6 nitrogen and oxygen atoms in total. The van der Waals surface area contributed by atoms with Gasteiger partial charge in [0.1, 0.15) is 5.82 Å². The van der Waals surface area contributed by atoms with Crippen molar-refractivity contribution in [1.29, 1.82) is 0 Å². The number of carbonyl (C=O) groups is 1. The molecule has 8 heteroatoms. The molecule has 2 aromatic rings. The Bertz CT molecular complexity index is 741. The van der Waals surface area contributed by atoms with Gasteiger partial charge >= 0.3 is 0 Å². The Hall–Kier alpha value is -1.70. The zero-order valence-electron chi connectivity index (χ0n) is 12.9. The molecule has 1 aromatic heterocycles. The lowest BCUT2D eigenvalue weighted by Gasteiger charge is -2.14. The van der Waals surface area contributed by atoms with Crippen LogP contribution in [-0.2, 0) is 11.2 Å². The molecule has 0 saturated heterocycles. The third-order valence-electron chi connectivity index (χ3n) is 3.39. The van der Waals surface area contributed by atoms with Gasteiger partial charge < -0.3 is 15.0 Å². The summed E-state index contributed by atoms with van der Waals surface area (Å²) in [5.41, 5.74) is 0.386. The van der Waals surface area contributed by atoms with Gasteiger partial charge in [0, 0.05) is 29.6 Å². The highest BCUT2D eigenvalue weighted by Crippen LogP contribution is 2.22. The second-order valence-corrected chi connectivity index (χ2v) is 6.17. The van der Waals surface area contributed by atoms with Crippen molar-refractivity contribution in [3.05, 3.63) is 45.4 Å². The van der Waals surface area contributed by atoms with Crippen LogP contribution in [0.1, 0.15) is 37.4 Å². The molecule has 0 unspecified atom stereocenters. The van der Waals surface area contributed by atoms with Gasteiger partial charge in [-0.25, -0.2) is 0 Å². The number of aliphatic hydroxyl groups is 1. The van der Waals surface area contributed by atoms with Crippen LogP contribution in [0, 0.1) is 4.77 Å². The zero-order valence-corrected chi connectivity index (χ0v) is 14.5. The number of carbonyl (C=O) groups excluding carboxylic acids is 1. The molecule has 0 bridgehead atoms.